The van der Waals surface area contributed by atoms with E-state index in [-0.39, 0.29) is 0 Å². The number of aromatic nitrogens is 1. The van der Waals surface area contributed by atoms with Gasteiger partial charge in [0, 0.05) is 23.3 Å². The molecule has 1 aromatic heterocycles. The van der Waals surface area contributed by atoms with E-state index in [2.05, 4.69) is 41.2 Å². The van der Waals surface area contributed by atoms with Crippen LogP contribution in [0.5, 0.6) is 5.75 Å². The van der Waals surface area contributed by atoms with E-state index in [9.17, 15) is 0 Å². The van der Waals surface area contributed by atoms with Crippen LogP contribution in [0, 0.1) is 6.92 Å². The van der Waals surface area contributed by atoms with Gasteiger partial charge in [0.25, 0.3) is 0 Å². The number of nitrogens with one attached hydrogen (secondary N) is 1. The van der Waals surface area contributed by atoms with Gasteiger partial charge in [0.1, 0.15) is 5.75 Å². The molecule has 0 aliphatic rings. The number of fused-ring (bicyclic) bond motifs is 1. The minimum Gasteiger partial charge on any atom is -0.494 e. The highest BCUT2D eigenvalue weighted by Gasteiger charge is 2.06. The molecule has 0 atom stereocenters. The third kappa shape index (κ3) is 4.83. The summed E-state index contributed by atoms with van der Waals surface area (Å²) in [6.45, 7) is 13.5. The Labute approximate surface area is 139 Å². The first kappa shape index (κ1) is 17.5. The Kier molecular flexibility index (Phi) is 6.66. The van der Waals surface area contributed by atoms with Gasteiger partial charge in [0.15, 0.2) is 0 Å². The van der Waals surface area contributed by atoms with E-state index in [0.717, 1.165) is 60.6 Å². The number of ether oxygens (including phenoxy) is 1. The summed E-state index contributed by atoms with van der Waals surface area (Å²) in [5.74, 6) is 0.900. The minimum atomic E-state index is 0.678. The van der Waals surface area contributed by atoms with Crippen molar-refractivity contribution >= 4 is 16.6 Å². The molecule has 0 amide bonds. The Hall–Kier alpha value is -1.81. The standard InChI is InChI=1S/C19H29N3O/c1-5-22(6-2)12-8-11-20-19-13-15(4)21-18-10-9-16(23-7-3)14-17(18)19/h9-10,13-14H,5-8,11-12H2,1-4H3,(H,20,21). The number of hydrogen-bond donors (Lipinski definition) is 1. The smallest absolute Gasteiger partial charge is 0.120 e. The van der Waals surface area contributed by atoms with E-state index < -0.39 is 0 Å². The summed E-state index contributed by atoms with van der Waals surface area (Å²) in [4.78, 5) is 7.07. The average Bonchev–Trinajstić information content (AvgIpc) is 2.55. The molecule has 0 unspecified atom stereocenters. The van der Waals surface area contributed by atoms with Crippen LogP contribution in [-0.2, 0) is 0 Å². The summed E-state index contributed by atoms with van der Waals surface area (Å²) in [5.41, 5.74) is 3.20. The maximum absolute atomic E-state index is 5.62. The van der Waals surface area contributed by atoms with Crippen LogP contribution >= 0.6 is 0 Å². The van der Waals surface area contributed by atoms with Gasteiger partial charge in [-0.05, 0) is 64.2 Å². The predicted octanol–water partition coefficient (Wildman–Crippen LogP) is 4.09. The van der Waals surface area contributed by atoms with E-state index in [1.54, 1.807) is 0 Å². The van der Waals surface area contributed by atoms with Crippen LogP contribution in [-0.4, -0.2) is 42.7 Å². The quantitative estimate of drug-likeness (QED) is 0.707. The van der Waals surface area contributed by atoms with Crippen LogP contribution in [0.3, 0.4) is 0 Å². The Morgan fingerprint density at radius 2 is 1.91 bits per heavy atom. The van der Waals surface area contributed by atoms with E-state index in [1.807, 2.05) is 26.0 Å². The fourth-order valence-corrected chi connectivity index (χ4v) is 2.81. The Morgan fingerprint density at radius 3 is 2.61 bits per heavy atom. The largest absolute Gasteiger partial charge is 0.494 e. The predicted molar refractivity (Wildman–Crippen MR) is 98.5 cm³/mol. The van der Waals surface area contributed by atoms with Gasteiger partial charge >= 0.3 is 0 Å². The summed E-state index contributed by atoms with van der Waals surface area (Å²) in [6, 6.07) is 8.23. The second kappa shape index (κ2) is 8.73. The molecule has 126 valence electrons. The van der Waals surface area contributed by atoms with Crippen LogP contribution in [0.2, 0.25) is 0 Å². The molecule has 0 fully saturated rings. The van der Waals surface area contributed by atoms with Crippen LogP contribution < -0.4 is 10.1 Å². The molecule has 23 heavy (non-hydrogen) atoms. The lowest BCUT2D eigenvalue weighted by Gasteiger charge is -2.18. The highest BCUT2D eigenvalue weighted by Crippen LogP contribution is 2.27. The number of anilines is 1. The molecule has 0 saturated heterocycles. The first-order valence-corrected chi connectivity index (χ1v) is 8.68. The first-order valence-electron chi connectivity index (χ1n) is 8.68. The lowest BCUT2D eigenvalue weighted by molar-refractivity contribution is 0.303. The van der Waals surface area contributed by atoms with Crippen LogP contribution in [0.1, 0.15) is 32.9 Å². The van der Waals surface area contributed by atoms with Crippen LogP contribution in [0.4, 0.5) is 5.69 Å². The molecular formula is C19H29N3O. The minimum absolute atomic E-state index is 0.678. The summed E-state index contributed by atoms with van der Waals surface area (Å²) >= 11 is 0. The molecule has 2 rings (SSSR count). The van der Waals surface area contributed by atoms with Gasteiger partial charge in [-0.25, -0.2) is 0 Å². The van der Waals surface area contributed by atoms with Gasteiger partial charge in [-0.15, -0.1) is 0 Å². The molecule has 0 spiro atoms. The van der Waals surface area contributed by atoms with E-state index >= 15 is 0 Å². The SMILES string of the molecule is CCOc1ccc2nc(C)cc(NCCCN(CC)CC)c2c1. The van der Waals surface area contributed by atoms with E-state index in [0.29, 0.717) is 6.61 Å². The molecule has 1 heterocycles. The summed E-state index contributed by atoms with van der Waals surface area (Å²) in [6.07, 6.45) is 1.13. The Bertz CT molecular complexity index is 623. The van der Waals surface area contributed by atoms with Crippen LogP contribution in [0.25, 0.3) is 10.9 Å². The summed E-state index contributed by atoms with van der Waals surface area (Å²) in [7, 11) is 0. The van der Waals surface area contributed by atoms with Crippen molar-refractivity contribution in [3.05, 3.63) is 30.0 Å². The lowest BCUT2D eigenvalue weighted by atomic mass is 10.1. The average molecular weight is 315 g/mol. The van der Waals surface area contributed by atoms with Crippen molar-refractivity contribution in [2.75, 3.05) is 38.1 Å². The van der Waals surface area contributed by atoms with Crippen LogP contribution in [0.15, 0.2) is 24.3 Å². The van der Waals surface area contributed by atoms with Gasteiger partial charge in [0.2, 0.25) is 0 Å². The number of nitrogens with zero attached hydrogens (tertiary/aromatic N) is 2. The molecular weight excluding hydrogens is 286 g/mol. The molecule has 0 saturated carbocycles. The second-order valence-corrected chi connectivity index (χ2v) is 5.73. The molecule has 0 radical (unpaired) electrons. The number of hydrogen-bond acceptors (Lipinski definition) is 4. The molecule has 1 N–H and O–H groups in total. The molecule has 0 bridgehead atoms. The number of benzene rings is 1. The molecule has 4 nitrogen and oxygen atoms in total. The lowest BCUT2D eigenvalue weighted by Crippen LogP contribution is -2.25. The maximum atomic E-state index is 5.62. The monoisotopic (exact) mass is 315 g/mol. The Morgan fingerprint density at radius 1 is 1.13 bits per heavy atom. The van der Waals surface area contributed by atoms with Crippen molar-refractivity contribution in [1.29, 1.82) is 0 Å². The topological polar surface area (TPSA) is 37.4 Å². The molecule has 4 heteroatoms. The third-order valence-electron chi connectivity index (χ3n) is 4.08. The molecule has 1 aromatic carbocycles. The molecule has 0 aliphatic carbocycles. The number of pyridine rings is 1. The van der Waals surface area contributed by atoms with Gasteiger partial charge in [-0.2, -0.15) is 0 Å². The van der Waals surface area contributed by atoms with Crippen molar-refractivity contribution in [2.45, 2.75) is 34.1 Å². The van der Waals surface area contributed by atoms with Gasteiger partial charge < -0.3 is 15.0 Å². The van der Waals surface area contributed by atoms with Crippen molar-refractivity contribution < 1.29 is 4.74 Å². The Balaban J connectivity index is 2.10. The molecule has 0 aliphatic heterocycles. The zero-order valence-corrected chi connectivity index (χ0v) is 14.9. The van der Waals surface area contributed by atoms with E-state index in [4.69, 9.17) is 4.74 Å². The highest BCUT2D eigenvalue weighted by molar-refractivity contribution is 5.92. The second-order valence-electron chi connectivity index (χ2n) is 5.73. The van der Waals surface area contributed by atoms with E-state index in [1.165, 1.54) is 0 Å². The van der Waals surface area contributed by atoms with Crippen molar-refractivity contribution in [2.24, 2.45) is 0 Å². The van der Waals surface area contributed by atoms with Crippen molar-refractivity contribution in [3.8, 4) is 5.75 Å². The number of aryl methyl sites for hydroxylation is 1. The van der Waals surface area contributed by atoms with Gasteiger partial charge in [-0.1, -0.05) is 13.8 Å². The third-order valence-corrected chi connectivity index (χ3v) is 4.08. The summed E-state index contributed by atoms with van der Waals surface area (Å²) < 4.78 is 5.62. The summed E-state index contributed by atoms with van der Waals surface area (Å²) in [5, 5.41) is 4.71. The van der Waals surface area contributed by atoms with Crippen molar-refractivity contribution in [1.82, 2.24) is 9.88 Å². The molecule has 2 aromatic rings. The van der Waals surface area contributed by atoms with Gasteiger partial charge in [0.05, 0.1) is 12.1 Å². The fourth-order valence-electron chi connectivity index (χ4n) is 2.81. The zero-order valence-electron chi connectivity index (χ0n) is 14.9. The normalized spacial score (nSPS) is 11.2. The highest BCUT2D eigenvalue weighted by atomic mass is 16.5. The zero-order chi connectivity index (χ0) is 16.7. The fraction of sp³-hybridized carbons (Fsp3) is 0.526. The number of rotatable bonds is 9. The first-order chi connectivity index (χ1) is 11.2. The van der Waals surface area contributed by atoms with Crippen molar-refractivity contribution in [3.63, 3.8) is 0 Å². The van der Waals surface area contributed by atoms with Gasteiger partial charge in [-0.3, -0.25) is 4.98 Å². The maximum Gasteiger partial charge on any atom is 0.120 e.